The largest absolute Gasteiger partial charge is 0.481 e. The molecule has 1 aromatic heterocycles. The maximum absolute atomic E-state index is 12.4. The zero-order chi connectivity index (χ0) is 17.2. The van der Waals surface area contributed by atoms with Gasteiger partial charge in [0, 0.05) is 6.54 Å². The van der Waals surface area contributed by atoms with Gasteiger partial charge in [-0.3, -0.25) is 9.59 Å². The molecule has 0 atom stereocenters. The van der Waals surface area contributed by atoms with Crippen molar-refractivity contribution in [2.24, 2.45) is 5.41 Å². The van der Waals surface area contributed by atoms with Gasteiger partial charge in [-0.1, -0.05) is 18.2 Å². The van der Waals surface area contributed by atoms with E-state index >= 15 is 0 Å². The number of hydrogen-bond acceptors (Lipinski definition) is 3. The maximum atomic E-state index is 12.4. The summed E-state index contributed by atoms with van der Waals surface area (Å²) in [5, 5.41) is 16.2. The zero-order valence-electron chi connectivity index (χ0n) is 13.8. The first-order chi connectivity index (χ1) is 10.7. The second-order valence-electron chi connectivity index (χ2n) is 6.16. The number of benzene rings is 1. The van der Waals surface area contributed by atoms with E-state index in [4.69, 9.17) is 5.11 Å². The predicted octanol–water partition coefficient (Wildman–Crippen LogP) is 2.33. The van der Waals surface area contributed by atoms with Crippen LogP contribution in [0.4, 0.5) is 0 Å². The second kappa shape index (κ2) is 6.24. The van der Waals surface area contributed by atoms with E-state index in [1.807, 2.05) is 37.3 Å². The van der Waals surface area contributed by atoms with Crippen LogP contribution in [0.25, 0.3) is 5.69 Å². The Morgan fingerprint density at radius 2 is 1.83 bits per heavy atom. The maximum Gasteiger partial charge on any atom is 0.310 e. The Bertz CT molecular complexity index is 733. The Balaban J connectivity index is 2.26. The summed E-state index contributed by atoms with van der Waals surface area (Å²) in [6.45, 7) is 6.79. The number of amides is 1. The first kappa shape index (κ1) is 16.7. The van der Waals surface area contributed by atoms with Crippen LogP contribution in [0.5, 0.6) is 0 Å². The summed E-state index contributed by atoms with van der Waals surface area (Å²) in [6.07, 6.45) is 0. The van der Waals surface area contributed by atoms with Crippen LogP contribution in [-0.4, -0.2) is 33.3 Å². The number of aromatic nitrogens is 2. The Hall–Kier alpha value is -2.63. The highest BCUT2D eigenvalue weighted by atomic mass is 16.4. The summed E-state index contributed by atoms with van der Waals surface area (Å²) in [6, 6.07) is 9.54. The number of nitrogens with one attached hydrogen (secondary N) is 1. The van der Waals surface area contributed by atoms with Crippen molar-refractivity contribution in [3.05, 3.63) is 47.3 Å². The average Bonchev–Trinajstić information content (AvgIpc) is 2.80. The highest BCUT2D eigenvalue weighted by Gasteiger charge is 2.29. The lowest BCUT2D eigenvalue weighted by molar-refractivity contribution is -0.146. The van der Waals surface area contributed by atoms with Crippen LogP contribution in [0.3, 0.4) is 0 Å². The number of aliphatic carboxylic acids is 1. The van der Waals surface area contributed by atoms with Crippen molar-refractivity contribution < 1.29 is 14.7 Å². The molecule has 0 fully saturated rings. The van der Waals surface area contributed by atoms with Gasteiger partial charge in [0.05, 0.1) is 28.1 Å². The Labute approximate surface area is 135 Å². The van der Waals surface area contributed by atoms with Crippen LogP contribution in [0.2, 0.25) is 0 Å². The molecule has 23 heavy (non-hydrogen) atoms. The minimum Gasteiger partial charge on any atom is -0.481 e. The molecule has 0 aliphatic heterocycles. The molecule has 0 saturated carbocycles. The summed E-state index contributed by atoms with van der Waals surface area (Å²) < 4.78 is 1.71. The van der Waals surface area contributed by atoms with E-state index in [2.05, 4.69) is 10.4 Å². The van der Waals surface area contributed by atoms with Gasteiger partial charge >= 0.3 is 5.97 Å². The van der Waals surface area contributed by atoms with E-state index < -0.39 is 11.4 Å². The molecule has 0 bridgehead atoms. The number of rotatable bonds is 5. The van der Waals surface area contributed by atoms with Gasteiger partial charge in [-0.05, 0) is 39.8 Å². The predicted molar refractivity (Wildman–Crippen MR) is 86.8 cm³/mol. The highest BCUT2D eigenvalue weighted by molar-refractivity contribution is 5.96. The van der Waals surface area contributed by atoms with E-state index in [-0.39, 0.29) is 12.5 Å². The lowest BCUT2D eigenvalue weighted by Crippen LogP contribution is -2.39. The average molecular weight is 315 g/mol. The third-order valence-corrected chi connectivity index (χ3v) is 3.79. The minimum absolute atomic E-state index is 0.0521. The summed E-state index contributed by atoms with van der Waals surface area (Å²) in [4.78, 5) is 23.6. The second-order valence-corrected chi connectivity index (χ2v) is 6.16. The van der Waals surface area contributed by atoms with Crippen LogP contribution in [-0.2, 0) is 4.79 Å². The first-order valence-corrected chi connectivity index (χ1v) is 7.37. The van der Waals surface area contributed by atoms with Crippen molar-refractivity contribution in [1.82, 2.24) is 15.1 Å². The normalized spacial score (nSPS) is 11.3. The van der Waals surface area contributed by atoms with Crippen molar-refractivity contribution in [1.29, 1.82) is 0 Å². The standard InChI is InChI=1S/C17H21N3O3/c1-11-14(15(21)18-10-17(3,4)16(22)23)12(2)20(19-11)13-8-6-5-7-9-13/h5-9H,10H2,1-4H3,(H,18,21)(H,22,23). The van der Waals surface area contributed by atoms with E-state index in [1.54, 1.807) is 25.5 Å². The molecule has 2 aromatic rings. The van der Waals surface area contributed by atoms with Crippen LogP contribution >= 0.6 is 0 Å². The zero-order valence-corrected chi connectivity index (χ0v) is 13.8. The van der Waals surface area contributed by atoms with Gasteiger partial charge in [0.15, 0.2) is 0 Å². The van der Waals surface area contributed by atoms with Crippen LogP contribution in [0.15, 0.2) is 30.3 Å². The molecule has 1 amide bonds. The highest BCUT2D eigenvalue weighted by Crippen LogP contribution is 2.19. The monoisotopic (exact) mass is 315 g/mol. The van der Waals surface area contributed by atoms with Gasteiger partial charge in [0.2, 0.25) is 0 Å². The van der Waals surface area contributed by atoms with E-state index in [0.717, 1.165) is 11.4 Å². The van der Waals surface area contributed by atoms with Crippen LogP contribution in [0, 0.1) is 19.3 Å². The van der Waals surface area contributed by atoms with Crippen molar-refractivity contribution in [3.63, 3.8) is 0 Å². The number of nitrogens with zero attached hydrogens (tertiary/aromatic N) is 2. The van der Waals surface area contributed by atoms with Crippen molar-refractivity contribution in [2.75, 3.05) is 6.54 Å². The molecular weight excluding hydrogens is 294 g/mol. The van der Waals surface area contributed by atoms with Gasteiger partial charge < -0.3 is 10.4 Å². The summed E-state index contributed by atoms with van der Waals surface area (Å²) in [5.41, 5.74) is 1.66. The molecule has 2 rings (SSSR count). The van der Waals surface area contributed by atoms with Gasteiger partial charge in [-0.2, -0.15) is 5.10 Å². The fourth-order valence-corrected chi connectivity index (χ4v) is 2.26. The Morgan fingerprint density at radius 1 is 1.22 bits per heavy atom. The molecule has 1 heterocycles. The molecule has 122 valence electrons. The van der Waals surface area contributed by atoms with E-state index in [9.17, 15) is 9.59 Å². The number of carboxylic acid groups (broad SMARTS) is 1. The summed E-state index contributed by atoms with van der Waals surface area (Å²) in [7, 11) is 0. The lowest BCUT2D eigenvalue weighted by Gasteiger charge is -2.19. The molecule has 0 spiro atoms. The topological polar surface area (TPSA) is 84.2 Å². The quantitative estimate of drug-likeness (QED) is 0.887. The number of hydrogen-bond donors (Lipinski definition) is 2. The number of carbonyl (C=O) groups excluding carboxylic acids is 1. The smallest absolute Gasteiger partial charge is 0.310 e. The minimum atomic E-state index is -1.02. The molecule has 0 saturated heterocycles. The Kier molecular flexibility index (Phi) is 4.54. The number of aryl methyl sites for hydroxylation is 1. The molecular formula is C17H21N3O3. The molecule has 6 nitrogen and oxygen atoms in total. The molecule has 2 N–H and O–H groups in total. The first-order valence-electron chi connectivity index (χ1n) is 7.37. The van der Waals surface area contributed by atoms with Crippen LogP contribution in [0.1, 0.15) is 35.6 Å². The molecule has 0 unspecified atom stereocenters. The number of para-hydroxylation sites is 1. The molecule has 0 radical (unpaired) electrons. The fraction of sp³-hybridized carbons (Fsp3) is 0.353. The van der Waals surface area contributed by atoms with Crippen molar-refractivity contribution >= 4 is 11.9 Å². The molecule has 6 heteroatoms. The third kappa shape index (κ3) is 3.41. The van der Waals surface area contributed by atoms with Gasteiger partial charge in [-0.25, -0.2) is 4.68 Å². The molecule has 0 aliphatic rings. The molecule has 0 aliphatic carbocycles. The molecule has 1 aromatic carbocycles. The van der Waals surface area contributed by atoms with Gasteiger partial charge in [-0.15, -0.1) is 0 Å². The summed E-state index contributed by atoms with van der Waals surface area (Å²) >= 11 is 0. The van der Waals surface area contributed by atoms with Crippen molar-refractivity contribution in [2.45, 2.75) is 27.7 Å². The van der Waals surface area contributed by atoms with E-state index in [0.29, 0.717) is 11.3 Å². The number of carbonyl (C=O) groups is 2. The summed E-state index contributed by atoms with van der Waals surface area (Å²) in [5.74, 6) is -1.26. The Morgan fingerprint density at radius 3 is 2.39 bits per heavy atom. The third-order valence-electron chi connectivity index (χ3n) is 3.79. The van der Waals surface area contributed by atoms with Crippen LogP contribution < -0.4 is 5.32 Å². The van der Waals surface area contributed by atoms with Gasteiger partial charge in [0.1, 0.15) is 0 Å². The fourth-order valence-electron chi connectivity index (χ4n) is 2.26. The lowest BCUT2D eigenvalue weighted by atomic mass is 9.94. The SMILES string of the molecule is Cc1nn(-c2ccccc2)c(C)c1C(=O)NCC(C)(C)C(=O)O. The number of carboxylic acids is 1. The van der Waals surface area contributed by atoms with Gasteiger partial charge in [0.25, 0.3) is 5.91 Å². The van der Waals surface area contributed by atoms with Crippen molar-refractivity contribution in [3.8, 4) is 5.69 Å². The van der Waals surface area contributed by atoms with E-state index in [1.165, 1.54) is 0 Å².